The minimum atomic E-state index is -0.318. The number of nitrogens with one attached hydrogen (secondary N) is 1. The molecule has 174 valence electrons. The first-order valence-electron chi connectivity index (χ1n) is 11.5. The molecule has 3 amide bonds. The molecule has 2 aliphatic heterocycles. The Morgan fingerprint density at radius 1 is 1.15 bits per heavy atom. The predicted octanol–water partition coefficient (Wildman–Crippen LogP) is 3.34. The van der Waals surface area contributed by atoms with Gasteiger partial charge in [-0.2, -0.15) is 0 Å². The predicted molar refractivity (Wildman–Crippen MR) is 125 cm³/mol. The molecule has 0 bridgehead atoms. The minimum absolute atomic E-state index is 0.0959. The summed E-state index contributed by atoms with van der Waals surface area (Å²) in [5, 5.41) is 3.03. The standard InChI is InChI=1S/C26H31N3O4/c1-17-7-6-12-28(15-17)18(2)14-27-24(30)22-13-19(10-11-23(22)33-3)16-29-25(31)20-8-4-5-9-21(20)26(29)32/h4-5,8-11,13,17-18H,6-7,12,14-16H2,1-3H3,(H,27,30). The Labute approximate surface area is 194 Å². The first kappa shape index (κ1) is 23.0. The van der Waals surface area contributed by atoms with Gasteiger partial charge in [0.2, 0.25) is 0 Å². The zero-order valence-corrected chi connectivity index (χ0v) is 19.5. The Hall–Kier alpha value is -3.19. The maximum absolute atomic E-state index is 13.0. The third-order valence-corrected chi connectivity index (χ3v) is 6.60. The molecule has 7 nitrogen and oxygen atoms in total. The number of carbonyl (C=O) groups is 3. The number of hydrogen-bond acceptors (Lipinski definition) is 5. The van der Waals surface area contributed by atoms with E-state index in [0.29, 0.717) is 40.5 Å². The number of ether oxygens (including phenoxy) is 1. The third-order valence-electron chi connectivity index (χ3n) is 6.60. The van der Waals surface area contributed by atoms with Gasteiger partial charge in [-0.1, -0.05) is 25.1 Å². The van der Waals surface area contributed by atoms with Crippen molar-refractivity contribution in [2.75, 3.05) is 26.7 Å². The Balaban J connectivity index is 1.45. The molecular formula is C26H31N3O4. The number of nitrogens with zero attached hydrogens (tertiary/aromatic N) is 2. The van der Waals surface area contributed by atoms with E-state index in [9.17, 15) is 14.4 Å². The number of carbonyl (C=O) groups excluding carboxylic acids is 3. The van der Waals surface area contributed by atoms with Crippen molar-refractivity contribution in [3.63, 3.8) is 0 Å². The SMILES string of the molecule is COc1ccc(CN2C(=O)c3ccccc3C2=O)cc1C(=O)NCC(C)N1CCCC(C)C1. The summed E-state index contributed by atoms with van der Waals surface area (Å²) in [5.74, 6) is 0.269. The summed E-state index contributed by atoms with van der Waals surface area (Å²) in [5.41, 5.74) is 1.91. The number of methoxy groups -OCH3 is 1. The average molecular weight is 450 g/mol. The van der Waals surface area contributed by atoms with Crippen LogP contribution in [0.15, 0.2) is 42.5 Å². The lowest BCUT2D eigenvalue weighted by molar-refractivity contribution is 0.0642. The van der Waals surface area contributed by atoms with E-state index in [1.165, 1.54) is 24.9 Å². The summed E-state index contributed by atoms with van der Waals surface area (Å²) in [7, 11) is 1.52. The van der Waals surface area contributed by atoms with Crippen molar-refractivity contribution in [1.82, 2.24) is 15.1 Å². The molecule has 0 aliphatic carbocycles. The van der Waals surface area contributed by atoms with Gasteiger partial charge in [0.05, 0.1) is 30.3 Å². The van der Waals surface area contributed by atoms with Crippen LogP contribution in [0.4, 0.5) is 0 Å². The molecule has 2 heterocycles. The van der Waals surface area contributed by atoms with Crippen molar-refractivity contribution < 1.29 is 19.1 Å². The molecule has 2 unspecified atom stereocenters. The molecule has 0 saturated carbocycles. The van der Waals surface area contributed by atoms with Crippen LogP contribution in [0.1, 0.15) is 63.3 Å². The number of piperidine rings is 1. The maximum atomic E-state index is 13.0. The van der Waals surface area contributed by atoms with E-state index < -0.39 is 0 Å². The Kier molecular flexibility index (Phi) is 6.79. The van der Waals surface area contributed by atoms with Crippen LogP contribution in [-0.2, 0) is 6.54 Å². The monoisotopic (exact) mass is 449 g/mol. The minimum Gasteiger partial charge on any atom is -0.496 e. The van der Waals surface area contributed by atoms with Gasteiger partial charge in [0, 0.05) is 19.1 Å². The first-order chi connectivity index (χ1) is 15.9. The summed E-state index contributed by atoms with van der Waals surface area (Å²) in [6, 6.07) is 12.2. The van der Waals surface area contributed by atoms with Crippen LogP contribution in [0.2, 0.25) is 0 Å². The van der Waals surface area contributed by atoms with Crippen molar-refractivity contribution in [3.8, 4) is 5.75 Å². The maximum Gasteiger partial charge on any atom is 0.261 e. The van der Waals surface area contributed by atoms with Gasteiger partial charge >= 0.3 is 0 Å². The van der Waals surface area contributed by atoms with Crippen LogP contribution < -0.4 is 10.1 Å². The Morgan fingerprint density at radius 3 is 2.48 bits per heavy atom. The number of likely N-dealkylation sites (tertiary alicyclic amines) is 1. The summed E-state index contributed by atoms with van der Waals surface area (Å²) in [6.07, 6.45) is 2.44. The van der Waals surface area contributed by atoms with Gasteiger partial charge in [-0.3, -0.25) is 24.2 Å². The molecule has 2 aliphatic rings. The number of hydrogen-bond donors (Lipinski definition) is 1. The molecule has 1 fully saturated rings. The smallest absolute Gasteiger partial charge is 0.261 e. The second kappa shape index (κ2) is 9.75. The lowest BCUT2D eigenvalue weighted by atomic mass is 9.99. The molecule has 0 aromatic heterocycles. The van der Waals surface area contributed by atoms with Crippen LogP contribution >= 0.6 is 0 Å². The molecule has 2 atom stereocenters. The summed E-state index contributed by atoms with van der Waals surface area (Å²) < 4.78 is 5.40. The van der Waals surface area contributed by atoms with E-state index in [4.69, 9.17) is 4.74 Å². The van der Waals surface area contributed by atoms with Gasteiger partial charge in [-0.15, -0.1) is 0 Å². The topological polar surface area (TPSA) is 78.9 Å². The van der Waals surface area contributed by atoms with Crippen molar-refractivity contribution in [2.45, 2.75) is 39.3 Å². The van der Waals surface area contributed by atoms with E-state index in [2.05, 4.69) is 24.1 Å². The molecular weight excluding hydrogens is 418 g/mol. The zero-order valence-electron chi connectivity index (χ0n) is 19.5. The highest BCUT2D eigenvalue weighted by atomic mass is 16.5. The Morgan fingerprint density at radius 2 is 1.85 bits per heavy atom. The first-order valence-corrected chi connectivity index (χ1v) is 11.5. The van der Waals surface area contributed by atoms with E-state index >= 15 is 0 Å². The molecule has 2 aromatic rings. The second-order valence-corrected chi connectivity index (χ2v) is 9.08. The van der Waals surface area contributed by atoms with Crippen LogP contribution in [0.5, 0.6) is 5.75 Å². The van der Waals surface area contributed by atoms with Gasteiger partial charge in [0.15, 0.2) is 0 Å². The average Bonchev–Trinajstić information content (AvgIpc) is 3.07. The van der Waals surface area contributed by atoms with Crippen LogP contribution in [0.3, 0.4) is 0 Å². The number of fused-ring (bicyclic) bond motifs is 1. The fourth-order valence-corrected chi connectivity index (χ4v) is 4.69. The number of amides is 3. The van der Waals surface area contributed by atoms with Crippen molar-refractivity contribution in [3.05, 3.63) is 64.7 Å². The summed E-state index contributed by atoms with van der Waals surface area (Å²) in [6.45, 7) is 7.14. The summed E-state index contributed by atoms with van der Waals surface area (Å²) >= 11 is 0. The normalized spacial score (nSPS) is 19.4. The molecule has 4 rings (SSSR count). The highest BCUT2D eigenvalue weighted by Gasteiger charge is 2.35. The molecule has 33 heavy (non-hydrogen) atoms. The van der Waals surface area contributed by atoms with Gasteiger partial charge in [0.1, 0.15) is 5.75 Å². The van der Waals surface area contributed by atoms with E-state index in [0.717, 1.165) is 13.1 Å². The molecule has 7 heteroatoms. The van der Waals surface area contributed by atoms with Crippen molar-refractivity contribution in [2.24, 2.45) is 5.92 Å². The largest absolute Gasteiger partial charge is 0.496 e. The van der Waals surface area contributed by atoms with Crippen LogP contribution in [0.25, 0.3) is 0 Å². The lowest BCUT2D eigenvalue weighted by Gasteiger charge is -2.35. The second-order valence-electron chi connectivity index (χ2n) is 9.08. The molecule has 0 radical (unpaired) electrons. The van der Waals surface area contributed by atoms with Crippen molar-refractivity contribution >= 4 is 17.7 Å². The quantitative estimate of drug-likeness (QED) is 0.656. The molecule has 1 N–H and O–H groups in total. The molecule has 2 aromatic carbocycles. The van der Waals surface area contributed by atoms with E-state index in [1.54, 1.807) is 42.5 Å². The van der Waals surface area contributed by atoms with Gasteiger partial charge < -0.3 is 10.1 Å². The summed E-state index contributed by atoms with van der Waals surface area (Å²) in [4.78, 5) is 42.1. The number of rotatable bonds is 7. The van der Waals surface area contributed by atoms with E-state index in [-0.39, 0.29) is 30.3 Å². The third kappa shape index (κ3) is 4.78. The van der Waals surface area contributed by atoms with Crippen LogP contribution in [0, 0.1) is 5.92 Å². The highest BCUT2D eigenvalue weighted by Crippen LogP contribution is 2.26. The molecule has 1 saturated heterocycles. The number of imide groups is 1. The zero-order chi connectivity index (χ0) is 23.5. The fraction of sp³-hybridized carbons (Fsp3) is 0.423. The van der Waals surface area contributed by atoms with Gasteiger partial charge in [0.25, 0.3) is 17.7 Å². The van der Waals surface area contributed by atoms with Gasteiger partial charge in [-0.25, -0.2) is 0 Å². The number of benzene rings is 2. The molecule has 0 spiro atoms. The highest BCUT2D eigenvalue weighted by molar-refractivity contribution is 6.21. The van der Waals surface area contributed by atoms with Crippen molar-refractivity contribution in [1.29, 1.82) is 0 Å². The Bertz CT molecular complexity index is 1030. The van der Waals surface area contributed by atoms with Gasteiger partial charge in [-0.05, 0) is 62.1 Å². The van der Waals surface area contributed by atoms with E-state index in [1.807, 2.05) is 0 Å². The fourth-order valence-electron chi connectivity index (χ4n) is 4.69. The lowest BCUT2D eigenvalue weighted by Crippen LogP contribution is -2.46. The van der Waals surface area contributed by atoms with Crippen LogP contribution in [-0.4, -0.2) is 60.3 Å².